The summed E-state index contributed by atoms with van der Waals surface area (Å²) >= 11 is 17.2. The Morgan fingerprint density at radius 2 is 1.65 bits per heavy atom. The molecule has 0 saturated heterocycles. The van der Waals surface area contributed by atoms with E-state index in [0.717, 1.165) is 5.56 Å². The first-order chi connectivity index (χ1) is 8.04. The van der Waals surface area contributed by atoms with E-state index in [1.807, 2.05) is 13.0 Å². The third kappa shape index (κ3) is 3.19. The maximum Gasteiger partial charge on any atom is 0.327 e. The molecule has 0 saturated carbocycles. The van der Waals surface area contributed by atoms with Crippen LogP contribution in [-0.4, -0.2) is 15.0 Å². The Morgan fingerprint density at radius 3 is 2.24 bits per heavy atom. The zero-order valence-corrected chi connectivity index (χ0v) is 10.9. The number of aryl methyl sites for hydroxylation is 1. The molecule has 0 aliphatic carbocycles. The first-order valence-corrected chi connectivity index (χ1v) is 5.69. The molecule has 4 nitrogen and oxygen atoms in total. The van der Waals surface area contributed by atoms with Gasteiger partial charge < -0.3 is 4.74 Å². The molecule has 0 N–H and O–H groups in total. The quantitative estimate of drug-likeness (QED) is 0.840. The Bertz CT molecular complexity index is 542. The monoisotopic (exact) mass is 289 g/mol. The average Bonchev–Trinajstić information content (AvgIpc) is 2.21. The minimum atomic E-state index is -0.0387. The number of hydrogen-bond donors (Lipinski definition) is 0. The van der Waals surface area contributed by atoms with Crippen molar-refractivity contribution in [2.45, 2.75) is 6.92 Å². The lowest BCUT2D eigenvalue weighted by Crippen LogP contribution is -1.95. The Balaban J connectivity index is 2.31. The summed E-state index contributed by atoms with van der Waals surface area (Å²) in [5, 5.41) is 0.379. The highest BCUT2D eigenvalue weighted by molar-refractivity contribution is 6.32. The molecule has 0 fully saturated rings. The van der Waals surface area contributed by atoms with Crippen LogP contribution in [0.5, 0.6) is 11.8 Å². The van der Waals surface area contributed by atoms with Gasteiger partial charge in [0.15, 0.2) is 0 Å². The number of aromatic nitrogens is 3. The fourth-order valence-electron chi connectivity index (χ4n) is 1.14. The molecular formula is C10H6Cl3N3O. The second kappa shape index (κ2) is 5.04. The van der Waals surface area contributed by atoms with Crippen LogP contribution in [0.25, 0.3) is 0 Å². The van der Waals surface area contributed by atoms with Crippen LogP contribution >= 0.6 is 34.8 Å². The van der Waals surface area contributed by atoms with Gasteiger partial charge in [-0.25, -0.2) is 0 Å². The van der Waals surface area contributed by atoms with Gasteiger partial charge in [-0.15, -0.1) is 0 Å². The number of benzene rings is 1. The summed E-state index contributed by atoms with van der Waals surface area (Å²) in [6.07, 6.45) is 0. The van der Waals surface area contributed by atoms with E-state index >= 15 is 0 Å². The van der Waals surface area contributed by atoms with Crippen molar-refractivity contribution in [2.24, 2.45) is 0 Å². The summed E-state index contributed by atoms with van der Waals surface area (Å²) in [4.78, 5) is 11.1. The highest BCUT2D eigenvalue weighted by Crippen LogP contribution is 2.28. The predicted molar refractivity (Wildman–Crippen MR) is 66.1 cm³/mol. The summed E-state index contributed by atoms with van der Waals surface area (Å²) in [6.45, 7) is 1.92. The summed E-state index contributed by atoms with van der Waals surface area (Å²) in [6, 6.07) is 5.33. The molecule has 0 radical (unpaired) electrons. The first-order valence-electron chi connectivity index (χ1n) is 4.55. The van der Waals surface area contributed by atoms with Crippen LogP contribution in [0.15, 0.2) is 18.2 Å². The van der Waals surface area contributed by atoms with Crippen molar-refractivity contribution in [1.82, 2.24) is 15.0 Å². The van der Waals surface area contributed by atoms with Crippen molar-refractivity contribution in [2.75, 3.05) is 0 Å². The van der Waals surface area contributed by atoms with Crippen molar-refractivity contribution in [3.05, 3.63) is 39.4 Å². The summed E-state index contributed by atoms with van der Waals surface area (Å²) in [5.74, 6) is 0.426. The van der Waals surface area contributed by atoms with Crippen LogP contribution in [0.4, 0.5) is 0 Å². The Hall–Kier alpha value is -1.10. The molecule has 2 rings (SSSR count). The molecule has 7 heteroatoms. The number of hydrogen-bond acceptors (Lipinski definition) is 4. The average molecular weight is 291 g/mol. The Kier molecular flexibility index (Phi) is 3.66. The number of nitrogens with zero attached hydrogens (tertiary/aromatic N) is 3. The molecule has 0 unspecified atom stereocenters. The van der Waals surface area contributed by atoms with Crippen LogP contribution in [0.1, 0.15) is 5.56 Å². The van der Waals surface area contributed by atoms with Gasteiger partial charge in [-0.05, 0) is 47.8 Å². The van der Waals surface area contributed by atoms with Gasteiger partial charge in [0.2, 0.25) is 10.6 Å². The SMILES string of the molecule is Cc1ccc(Oc2nc(Cl)nc(Cl)n2)c(Cl)c1. The molecule has 88 valence electrons. The highest BCUT2D eigenvalue weighted by atomic mass is 35.5. The minimum Gasteiger partial charge on any atom is -0.423 e. The number of ether oxygens (including phenoxy) is 1. The predicted octanol–water partition coefficient (Wildman–Crippen LogP) is 3.93. The van der Waals surface area contributed by atoms with Crippen LogP contribution < -0.4 is 4.74 Å². The van der Waals surface area contributed by atoms with Gasteiger partial charge in [0.25, 0.3) is 0 Å². The lowest BCUT2D eigenvalue weighted by Gasteiger charge is -2.06. The van der Waals surface area contributed by atoms with E-state index in [-0.39, 0.29) is 16.6 Å². The van der Waals surface area contributed by atoms with E-state index in [1.54, 1.807) is 12.1 Å². The van der Waals surface area contributed by atoms with E-state index in [2.05, 4.69) is 15.0 Å². The van der Waals surface area contributed by atoms with Gasteiger partial charge in [-0.3, -0.25) is 0 Å². The van der Waals surface area contributed by atoms with Crippen LogP contribution in [0, 0.1) is 6.92 Å². The molecule has 0 spiro atoms. The fourth-order valence-corrected chi connectivity index (χ4v) is 1.76. The van der Waals surface area contributed by atoms with Crippen molar-refractivity contribution in [3.8, 4) is 11.8 Å². The summed E-state index contributed by atoms with van der Waals surface area (Å²) < 4.78 is 5.36. The standard InChI is InChI=1S/C10H6Cl3N3O/c1-5-2-3-7(6(11)4-5)17-10-15-8(12)14-9(13)16-10/h2-4H,1H3. The summed E-state index contributed by atoms with van der Waals surface area (Å²) in [5.41, 5.74) is 1.02. The molecule has 0 aliphatic rings. The van der Waals surface area contributed by atoms with E-state index in [4.69, 9.17) is 39.5 Å². The van der Waals surface area contributed by atoms with Crippen molar-refractivity contribution >= 4 is 34.8 Å². The zero-order chi connectivity index (χ0) is 12.4. The van der Waals surface area contributed by atoms with E-state index in [9.17, 15) is 0 Å². The van der Waals surface area contributed by atoms with E-state index in [1.165, 1.54) is 0 Å². The normalized spacial score (nSPS) is 10.4. The van der Waals surface area contributed by atoms with Crippen LogP contribution in [-0.2, 0) is 0 Å². The van der Waals surface area contributed by atoms with Gasteiger partial charge in [0.1, 0.15) is 5.75 Å². The van der Waals surface area contributed by atoms with E-state index in [0.29, 0.717) is 10.8 Å². The minimum absolute atomic E-state index is 0.000697. The van der Waals surface area contributed by atoms with E-state index < -0.39 is 0 Å². The van der Waals surface area contributed by atoms with Gasteiger partial charge in [-0.2, -0.15) is 15.0 Å². The molecule has 17 heavy (non-hydrogen) atoms. The third-order valence-corrected chi connectivity index (χ3v) is 2.48. The largest absolute Gasteiger partial charge is 0.423 e. The summed E-state index contributed by atoms with van der Waals surface area (Å²) in [7, 11) is 0. The topological polar surface area (TPSA) is 47.9 Å². The van der Waals surface area contributed by atoms with Gasteiger partial charge in [-0.1, -0.05) is 17.7 Å². The van der Waals surface area contributed by atoms with Gasteiger partial charge in [0, 0.05) is 0 Å². The third-order valence-electron chi connectivity index (χ3n) is 1.85. The molecule has 1 aromatic carbocycles. The zero-order valence-electron chi connectivity index (χ0n) is 8.62. The van der Waals surface area contributed by atoms with Crippen molar-refractivity contribution in [3.63, 3.8) is 0 Å². The number of halogens is 3. The smallest absolute Gasteiger partial charge is 0.327 e. The van der Waals surface area contributed by atoms with Crippen molar-refractivity contribution in [1.29, 1.82) is 0 Å². The first kappa shape index (κ1) is 12.4. The highest BCUT2D eigenvalue weighted by Gasteiger charge is 2.08. The maximum absolute atomic E-state index is 6.00. The maximum atomic E-state index is 6.00. The number of rotatable bonds is 2. The second-order valence-corrected chi connectivity index (χ2v) is 4.28. The second-order valence-electron chi connectivity index (χ2n) is 3.19. The molecular weight excluding hydrogens is 284 g/mol. The van der Waals surface area contributed by atoms with Gasteiger partial charge >= 0.3 is 6.01 Å². The van der Waals surface area contributed by atoms with Crippen LogP contribution in [0.2, 0.25) is 15.6 Å². The van der Waals surface area contributed by atoms with Gasteiger partial charge in [0.05, 0.1) is 5.02 Å². The molecule has 0 bridgehead atoms. The van der Waals surface area contributed by atoms with Crippen LogP contribution in [0.3, 0.4) is 0 Å². The lowest BCUT2D eigenvalue weighted by atomic mass is 10.2. The molecule has 1 aromatic heterocycles. The molecule has 2 aromatic rings. The van der Waals surface area contributed by atoms with Crippen molar-refractivity contribution < 1.29 is 4.74 Å². The molecule has 0 amide bonds. The Morgan fingerprint density at radius 1 is 1.00 bits per heavy atom. The fraction of sp³-hybridized carbons (Fsp3) is 0.100. The molecule has 1 heterocycles. The molecule has 0 atom stereocenters. The Labute approximate surface area is 113 Å². The molecule has 0 aliphatic heterocycles. The lowest BCUT2D eigenvalue weighted by molar-refractivity contribution is 0.439.